The minimum Gasteiger partial charge on any atom is -0.463 e. The van der Waals surface area contributed by atoms with Crippen molar-refractivity contribution >= 4 is 22.4 Å². The van der Waals surface area contributed by atoms with Crippen molar-refractivity contribution in [1.29, 1.82) is 0 Å². The molecule has 2 aromatic carbocycles. The highest BCUT2D eigenvalue weighted by Crippen LogP contribution is 2.29. The standard InChI is InChI=1S/C28H30N4O3/c1-20(33)29-23-10-4-8-21(18-23)22-9-5-14-31(19-22)15-7-16-32-28(34)25-12-3-2-11-24(25)27(30-32)26-13-6-17-35-26/h2-4,6,8,10-13,17-18,22H,5,7,9,14-16,19H2,1H3,(H,29,33). The molecule has 1 unspecified atom stereocenters. The first-order valence-electron chi connectivity index (χ1n) is 12.2. The van der Waals surface area contributed by atoms with E-state index < -0.39 is 0 Å². The highest BCUT2D eigenvalue weighted by atomic mass is 16.3. The lowest BCUT2D eigenvalue weighted by molar-refractivity contribution is -0.114. The normalized spacial score (nSPS) is 16.4. The van der Waals surface area contributed by atoms with Crippen molar-refractivity contribution in [1.82, 2.24) is 14.7 Å². The third kappa shape index (κ3) is 5.20. The Bertz CT molecular complexity index is 1380. The smallest absolute Gasteiger partial charge is 0.274 e. The topological polar surface area (TPSA) is 80.4 Å². The molecule has 1 atom stereocenters. The molecule has 3 heterocycles. The summed E-state index contributed by atoms with van der Waals surface area (Å²) in [7, 11) is 0. The highest BCUT2D eigenvalue weighted by molar-refractivity contribution is 5.92. The number of carbonyl (C=O) groups excluding carboxylic acids is 1. The predicted molar refractivity (Wildman–Crippen MR) is 137 cm³/mol. The Morgan fingerprint density at radius 3 is 2.74 bits per heavy atom. The van der Waals surface area contributed by atoms with E-state index in [0.717, 1.165) is 50.0 Å². The minimum absolute atomic E-state index is 0.0554. The van der Waals surface area contributed by atoms with E-state index in [2.05, 4.69) is 27.4 Å². The summed E-state index contributed by atoms with van der Waals surface area (Å²) in [6.07, 6.45) is 4.73. The molecule has 0 bridgehead atoms. The van der Waals surface area contributed by atoms with Gasteiger partial charge in [-0.3, -0.25) is 9.59 Å². The number of nitrogens with one attached hydrogen (secondary N) is 1. The van der Waals surface area contributed by atoms with Crippen molar-refractivity contribution in [2.24, 2.45) is 0 Å². The minimum atomic E-state index is -0.0674. The summed E-state index contributed by atoms with van der Waals surface area (Å²) in [5.74, 6) is 1.04. The van der Waals surface area contributed by atoms with E-state index in [0.29, 0.717) is 29.3 Å². The lowest BCUT2D eigenvalue weighted by Gasteiger charge is -2.33. The summed E-state index contributed by atoms with van der Waals surface area (Å²) in [6, 6.07) is 19.4. The van der Waals surface area contributed by atoms with E-state index in [9.17, 15) is 9.59 Å². The maximum atomic E-state index is 13.1. The molecule has 7 nitrogen and oxygen atoms in total. The Hall–Kier alpha value is -3.71. The van der Waals surface area contributed by atoms with Crippen LogP contribution in [0.3, 0.4) is 0 Å². The first-order valence-corrected chi connectivity index (χ1v) is 12.2. The van der Waals surface area contributed by atoms with Gasteiger partial charge in [-0.1, -0.05) is 30.3 Å². The van der Waals surface area contributed by atoms with Crippen molar-refractivity contribution in [3.63, 3.8) is 0 Å². The second kappa shape index (κ2) is 10.3. The molecule has 180 valence electrons. The van der Waals surface area contributed by atoms with Gasteiger partial charge in [0.05, 0.1) is 11.6 Å². The van der Waals surface area contributed by atoms with Crippen LogP contribution >= 0.6 is 0 Å². The van der Waals surface area contributed by atoms with Crippen molar-refractivity contribution in [3.05, 3.63) is 82.8 Å². The Balaban J connectivity index is 1.27. The molecule has 1 N–H and O–H groups in total. The number of anilines is 1. The number of benzene rings is 2. The van der Waals surface area contributed by atoms with Crippen LogP contribution in [-0.4, -0.2) is 40.2 Å². The number of aromatic nitrogens is 2. The van der Waals surface area contributed by atoms with Gasteiger partial charge in [0.25, 0.3) is 5.56 Å². The van der Waals surface area contributed by atoms with Crippen molar-refractivity contribution in [2.45, 2.75) is 38.6 Å². The summed E-state index contributed by atoms with van der Waals surface area (Å²) in [5.41, 5.74) is 2.74. The largest absolute Gasteiger partial charge is 0.463 e. The van der Waals surface area contributed by atoms with Crippen LogP contribution < -0.4 is 10.9 Å². The maximum absolute atomic E-state index is 13.1. The Morgan fingerprint density at radius 2 is 1.94 bits per heavy atom. The molecule has 1 aliphatic heterocycles. The number of hydrogen-bond acceptors (Lipinski definition) is 5. The van der Waals surface area contributed by atoms with Gasteiger partial charge in [0, 0.05) is 31.1 Å². The number of fused-ring (bicyclic) bond motifs is 1. The zero-order valence-electron chi connectivity index (χ0n) is 19.9. The van der Waals surface area contributed by atoms with Crippen molar-refractivity contribution in [2.75, 3.05) is 25.0 Å². The Morgan fingerprint density at radius 1 is 1.09 bits per heavy atom. The number of amides is 1. The fourth-order valence-corrected chi connectivity index (χ4v) is 5.03. The number of likely N-dealkylation sites (tertiary alicyclic amines) is 1. The number of hydrogen-bond donors (Lipinski definition) is 1. The molecule has 4 aromatic rings. The second-order valence-corrected chi connectivity index (χ2v) is 9.20. The first-order chi connectivity index (χ1) is 17.1. The summed E-state index contributed by atoms with van der Waals surface area (Å²) in [6.45, 7) is 5.01. The van der Waals surface area contributed by atoms with Crippen LogP contribution in [0.1, 0.15) is 37.7 Å². The average Bonchev–Trinajstić information content (AvgIpc) is 3.40. The molecule has 7 heteroatoms. The van der Waals surface area contributed by atoms with Crippen LogP contribution in [-0.2, 0) is 11.3 Å². The van der Waals surface area contributed by atoms with Gasteiger partial charge in [0.2, 0.25) is 5.91 Å². The van der Waals surface area contributed by atoms with Gasteiger partial charge in [0.15, 0.2) is 5.76 Å². The van der Waals surface area contributed by atoms with Gasteiger partial charge in [-0.25, -0.2) is 4.68 Å². The number of rotatable bonds is 7. The first kappa shape index (κ1) is 23.1. The SMILES string of the molecule is CC(=O)Nc1cccc(C2CCCN(CCCn3nc(-c4ccco4)c4ccccc4c3=O)C2)c1. The van der Waals surface area contributed by atoms with Crippen molar-refractivity contribution in [3.8, 4) is 11.5 Å². The van der Waals surface area contributed by atoms with E-state index in [-0.39, 0.29) is 11.5 Å². The molecule has 1 aliphatic rings. The molecular formula is C28H30N4O3. The zero-order chi connectivity index (χ0) is 24.2. The van der Waals surface area contributed by atoms with Crippen LogP contribution in [0, 0.1) is 0 Å². The van der Waals surface area contributed by atoms with E-state index in [1.165, 1.54) is 12.5 Å². The Labute approximate surface area is 204 Å². The number of furan rings is 1. The molecule has 0 radical (unpaired) electrons. The van der Waals surface area contributed by atoms with E-state index in [1.807, 2.05) is 48.5 Å². The van der Waals surface area contributed by atoms with Gasteiger partial charge in [-0.2, -0.15) is 5.10 Å². The van der Waals surface area contributed by atoms with Crippen LogP contribution in [0.25, 0.3) is 22.2 Å². The highest BCUT2D eigenvalue weighted by Gasteiger charge is 2.22. The van der Waals surface area contributed by atoms with Gasteiger partial charge < -0.3 is 14.6 Å². The second-order valence-electron chi connectivity index (χ2n) is 9.20. The number of carbonyl (C=O) groups is 1. The summed E-state index contributed by atoms with van der Waals surface area (Å²) in [5, 5.41) is 9.03. The zero-order valence-corrected chi connectivity index (χ0v) is 19.9. The molecular weight excluding hydrogens is 440 g/mol. The summed E-state index contributed by atoms with van der Waals surface area (Å²) in [4.78, 5) is 27.0. The van der Waals surface area contributed by atoms with Crippen LogP contribution in [0.4, 0.5) is 5.69 Å². The molecule has 0 spiro atoms. The van der Waals surface area contributed by atoms with E-state index >= 15 is 0 Å². The fourth-order valence-electron chi connectivity index (χ4n) is 5.03. The molecule has 1 fully saturated rings. The predicted octanol–water partition coefficient (Wildman–Crippen LogP) is 4.88. The van der Waals surface area contributed by atoms with Crippen LogP contribution in [0.2, 0.25) is 0 Å². The molecule has 0 saturated carbocycles. The van der Waals surface area contributed by atoms with Crippen LogP contribution in [0.5, 0.6) is 0 Å². The Kier molecular flexibility index (Phi) is 6.77. The molecule has 2 aromatic heterocycles. The molecule has 1 amide bonds. The fraction of sp³-hybridized carbons (Fsp3) is 0.321. The molecule has 1 saturated heterocycles. The number of nitrogens with zero attached hydrogens (tertiary/aromatic N) is 3. The van der Waals surface area contributed by atoms with E-state index in [1.54, 1.807) is 10.9 Å². The lowest BCUT2D eigenvalue weighted by atomic mass is 9.90. The maximum Gasteiger partial charge on any atom is 0.274 e. The molecule has 35 heavy (non-hydrogen) atoms. The van der Waals surface area contributed by atoms with Gasteiger partial charge in [-0.05, 0) is 74.2 Å². The van der Waals surface area contributed by atoms with Gasteiger partial charge in [-0.15, -0.1) is 0 Å². The van der Waals surface area contributed by atoms with Gasteiger partial charge >= 0.3 is 0 Å². The average molecular weight is 471 g/mol. The lowest BCUT2D eigenvalue weighted by Crippen LogP contribution is -2.36. The summed E-state index contributed by atoms with van der Waals surface area (Å²) >= 11 is 0. The third-order valence-electron chi connectivity index (χ3n) is 6.65. The summed E-state index contributed by atoms with van der Waals surface area (Å²) < 4.78 is 7.18. The van der Waals surface area contributed by atoms with Gasteiger partial charge in [0.1, 0.15) is 5.69 Å². The van der Waals surface area contributed by atoms with E-state index in [4.69, 9.17) is 4.42 Å². The molecule has 5 rings (SSSR count). The van der Waals surface area contributed by atoms with Crippen molar-refractivity contribution < 1.29 is 9.21 Å². The number of piperidine rings is 1. The molecule has 0 aliphatic carbocycles. The monoisotopic (exact) mass is 470 g/mol. The third-order valence-corrected chi connectivity index (χ3v) is 6.65. The number of aryl methyl sites for hydroxylation is 1. The van der Waals surface area contributed by atoms with Crippen LogP contribution in [0.15, 0.2) is 76.1 Å². The quantitative estimate of drug-likeness (QED) is 0.416.